The Morgan fingerprint density at radius 1 is 1.04 bits per heavy atom. The average molecular weight is 455 g/mol. The molecule has 1 N–H and O–H groups in total. The van der Waals surface area contributed by atoms with Crippen LogP contribution in [0.1, 0.15) is 18.4 Å². The lowest BCUT2D eigenvalue weighted by Crippen LogP contribution is -2.23. The predicted molar refractivity (Wildman–Crippen MR) is 101 cm³/mol. The summed E-state index contributed by atoms with van der Waals surface area (Å²) >= 11 is 6.71. The van der Waals surface area contributed by atoms with Gasteiger partial charge in [-0.25, -0.2) is 0 Å². The van der Waals surface area contributed by atoms with Gasteiger partial charge >= 0.3 is 0 Å². The minimum atomic E-state index is -0.600. The first-order valence-electron chi connectivity index (χ1n) is 7.42. The van der Waals surface area contributed by atoms with Gasteiger partial charge in [-0.2, -0.15) is 0 Å². The van der Waals surface area contributed by atoms with E-state index in [0.717, 1.165) is 26.7 Å². The van der Waals surface area contributed by atoms with E-state index in [1.54, 1.807) is 19.2 Å². The van der Waals surface area contributed by atoms with E-state index in [1.807, 2.05) is 30.3 Å². The third-order valence-corrected chi connectivity index (χ3v) is 4.80. The molecule has 0 aromatic heterocycles. The van der Waals surface area contributed by atoms with Gasteiger partial charge in [0.2, 0.25) is 5.78 Å². The summed E-state index contributed by atoms with van der Waals surface area (Å²) in [5, 5.41) is 2.64. The Kier molecular flexibility index (Phi) is 6.99. The van der Waals surface area contributed by atoms with Crippen molar-refractivity contribution in [2.45, 2.75) is 19.3 Å². The van der Waals surface area contributed by atoms with Gasteiger partial charge < -0.3 is 10.1 Å². The van der Waals surface area contributed by atoms with Gasteiger partial charge in [0, 0.05) is 15.4 Å². The number of nitrogens with one attached hydrogen (secondary N) is 1. The lowest BCUT2D eigenvalue weighted by Gasteiger charge is -2.09. The highest BCUT2D eigenvalue weighted by molar-refractivity contribution is 9.11. The highest BCUT2D eigenvalue weighted by Crippen LogP contribution is 2.30. The molecule has 0 aliphatic carbocycles. The molecule has 24 heavy (non-hydrogen) atoms. The van der Waals surface area contributed by atoms with E-state index in [2.05, 4.69) is 37.2 Å². The molecule has 0 radical (unpaired) electrons. The SMILES string of the molecule is COc1ccc(CCCC(=O)C(=O)Nc2c(Br)cccc2Br)cc1. The van der Waals surface area contributed by atoms with Gasteiger partial charge in [-0.1, -0.05) is 18.2 Å². The minimum Gasteiger partial charge on any atom is -0.497 e. The summed E-state index contributed by atoms with van der Waals surface area (Å²) in [6, 6.07) is 13.1. The van der Waals surface area contributed by atoms with E-state index in [9.17, 15) is 9.59 Å². The maximum absolute atomic E-state index is 12.0. The van der Waals surface area contributed by atoms with Crippen molar-refractivity contribution < 1.29 is 14.3 Å². The zero-order valence-corrected chi connectivity index (χ0v) is 16.3. The maximum Gasteiger partial charge on any atom is 0.291 e. The molecule has 0 bridgehead atoms. The number of para-hydroxylation sites is 1. The average Bonchev–Trinajstić information content (AvgIpc) is 2.58. The van der Waals surface area contributed by atoms with Crippen LogP contribution in [0.4, 0.5) is 5.69 Å². The van der Waals surface area contributed by atoms with E-state index in [1.165, 1.54) is 0 Å². The Hall–Kier alpha value is -1.66. The number of halogens is 2. The molecule has 0 saturated heterocycles. The Morgan fingerprint density at radius 2 is 1.67 bits per heavy atom. The van der Waals surface area contributed by atoms with Gasteiger partial charge in [-0.05, 0) is 74.5 Å². The number of carbonyl (C=O) groups is 2. The molecule has 0 unspecified atom stereocenters. The zero-order chi connectivity index (χ0) is 17.5. The fourth-order valence-electron chi connectivity index (χ4n) is 2.16. The number of hydrogen-bond donors (Lipinski definition) is 1. The smallest absolute Gasteiger partial charge is 0.291 e. The summed E-state index contributed by atoms with van der Waals surface area (Å²) in [6.07, 6.45) is 1.57. The molecule has 0 heterocycles. The van der Waals surface area contributed by atoms with Crippen LogP contribution in [0.2, 0.25) is 0 Å². The number of ketones is 1. The molecule has 1 amide bonds. The second kappa shape index (κ2) is 8.99. The first kappa shape index (κ1) is 18.7. The monoisotopic (exact) mass is 453 g/mol. The molecule has 0 fully saturated rings. The maximum atomic E-state index is 12.0. The standard InChI is InChI=1S/C18H17Br2NO3/c1-24-13-10-8-12(9-11-13)4-2-7-16(22)18(23)21-17-14(19)5-3-6-15(17)20/h3,5-6,8-11H,2,4,7H2,1H3,(H,21,23). The van der Waals surface area contributed by atoms with Gasteiger partial charge in [-0.3, -0.25) is 9.59 Å². The van der Waals surface area contributed by atoms with Crippen molar-refractivity contribution in [2.24, 2.45) is 0 Å². The Labute approximate surface area is 157 Å². The molecule has 0 aliphatic rings. The molecular weight excluding hydrogens is 438 g/mol. The number of ether oxygens (including phenoxy) is 1. The third-order valence-electron chi connectivity index (χ3n) is 3.48. The lowest BCUT2D eigenvalue weighted by atomic mass is 10.1. The Balaban J connectivity index is 1.84. The molecule has 4 nitrogen and oxygen atoms in total. The van der Waals surface area contributed by atoms with Crippen LogP contribution >= 0.6 is 31.9 Å². The summed E-state index contributed by atoms with van der Waals surface area (Å²) < 4.78 is 6.54. The molecule has 2 aromatic carbocycles. The minimum absolute atomic E-state index is 0.208. The zero-order valence-electron chi connectivity index (χ0n) is 13.1. The van der Waals surface area contributed by atoms with Gasteiger partial charge in [0.1, 0.15) is 5.75 Å². The van der Waals surface area contributed by atoms with Crippen molar-refractivity contribution in [2.75, 3.05) is 12.4 Å². The van der Waals surface area contributed by atoms with Crippen LogP contribution in [0, 0.1) is 0 Å². The summed E-state index contributed by atoms with van der Waals surface area (Å²) in [5.41, 5.74) is 1.67. The van der Waals surface area contributed by atoms with Gasteiger partial charge in [-0.15, -0.1) is 0 Å². The fourth-order valence-corrected chi connectivity index (χ4v) is 3.36. The predicted octanol–water partition coefficient (Wildman–Crippen LogP) is 4.75. The number of Topliss-reactive ketones (excluding diaryl/α,β-unsaturated/α-hetero) is 1. The first-order valence-corrected chi connectivity index (χ1v) is 9.01. The van der Waals surface area contributed by atoms with Gasteiger partial charge in [0.05, 0.1) is 12.8 Å². The number of rotatable bonds is 7. The number of anilines is 1. The largest absolute Gasteiger partial charge is 0.497 e. The number of amides is 1. The van der Waals surface area contributed by atoms with E-state index in [4.69, 9.17) is 4.74 Å². The number of methoxy groups -OCH3 is 1. The molecule has 6 heteroatoms. The van der Waals surface area contributed by atoms with Gasteiger partial charge in [0.25, 0.3) is 5.91 Å². The molecule has 0 atom stereocenters. The van der Waals surface area contributed by atoms with Crippen LogP contribution in [0.3, 0.4) is 0 Å². The van der Waals surface area contributed by atoms with Crippen molar-refractivity contribution in [3.8, 4) is 5.75 Å². The third kappa shape index (κ3) is 5.18. The second-order valence-corrected chi connectivity index (χ2v) is 6.88. The van der Waals surface area contributed by atoms with Crippen molar-refractivity contribution in [3.05, 3.63) is 57.0 Å². The van der Waals surface area contributed by atoms with E-state index < -0.39 is 11.7 Å². The van der Waals surface area contributed by atoms with Gasteiger partial charge in [0.15, 0.2) is 0 Å². The van der Waals surface area contributed by atoms with Crippen molar-refractivity contribution in [1.82, 2.24) is 0 Å². The van der Waals surface area contributed by atoms with Crippen molar-refractivity contribution in [1.29, 1.82) is 0 Å². The lowest BCUT2D eigenvalue weighted by molar-refractivity contribution is -0.134. The Bertz CT molecular complexity index is 709. The van der Waals surface area contributed by atoms with Crippen molar-refractivity contribution >= 4 is 49.2 Å². The molecule has 0 saturated carbocycles. The van der Waals surface area contributed by atoms with E-state index in [-0.39, 0.29) is 6.42 Å². The summed E-state index contributed by atoms with van der Waals surface area (Å²) in [4.78, 5) is 24.0. The summed E-state index contributed by atoms with van der Waals surface area (Å²) in [5.74, 6) is -0.225. The van der Waals surface area contributed by atoms with Crippen LogP contribution < -0.4 is 10.1 Å². The molecule has 2 aromatic rings. The topological polar surface area (TPSA) is 55.4 Å². The Morgan fingerprint density at radius 3 is 2.25 bits per heavy atom. The molecular formula is C18H17Br2NO3. The summed E-state index contributed by atoms with van der Waals surface area (Å²) in [7, 11) is 1.62. The number of hydrogen-bond acceptors (Lipinski definition) is 3. The van der Waals surface area contributed by atoms with E-state index in [0.29, 0.717) is 12.1 Å². The quantitative estimate of drug-likeness (QED) is 0.614. The number of benzene rings is 2. The molecule has 2 rings (SSSR count). The molecule has 0 aliphatic heterocycles. The highest BCUT2D eigenvalue weighted by Gasteiger charge is 2.16. The normalized spacial score (nSPS) is 10.3. The van der Waals surface area contributed by atoms with Crippen molar-refractivity contribution in [3.63, 3.8) is 0 Å². The number of carbonyl (C=O) groups excluding carboxylic acids is 2. The van der Waals surface area contributed by atoms with Crippen LogP contribution in [0.5, 0.6) is 5.75 Å². The van der Waals surface area contributed by atoms with Crippen LogP contribution in [-0.2, 0) is 16.0 Å². The van der Waals surface area contributed by atoms with E-state index >= 15 is 0 Å². The number of aryl methyl sites for hydroxylation is 1. The first-order chi connectivity index (χ1) is 11.5. The fraction of sp³-hybridized carbons (Fsp3) is 0.222. The highest BCUT2D eigenvalue weighted by atomic mass is 79.9. The second-order valence-electron chi connectivity index (χ2n) is 5.18. The van der Waals surface area contributed by atoms with Crippen LogP contribution in [-0.4, -0.2) is 18.8 Å². The van der Waals surface area contributed by atoms with Crippen LogP contribution in [0.15, 0.2) is 51.4 Å². The molecule has 0 spiro atoms. The molecule has 126 valence electrons. The summed E-state index contributed by atoms with van der Waals surface area (Å²) in [6.45, 7) is 0. The van der Waals surface area contributed by atoms with Crippen LogP contribution in [0.25, 0.3) is 0 Å².